The minimum Gasteiger partial charge on any atom is -0.304 e. The van der Waals surface area contributed by atoms with E-state index in [0.717, 1.165) is 28.3 Å². The Hall–Kier alpha value is -4.47. The second-order valence-electron chi connectivity index (χ2n) is 8.90. The first-order valence-electron chi connectivity index (χ1n) is 11.5. The van der Waals surface area contributed by atoms with Crippen molar-refractivity contribution in [2.45, 2.75) is 33.5 Å². The number of aromatic nitrogens is 5. The Labute approximate surface area is 210 Å². The minimum absolute atomic E-state index is 0.0849. The van der Waals surface area contributed by atoms with Gasteiger partial charge in [-0.2, -0.15) is 23.4 Å². The van der Waals surface area contributed by atoms with Gasteiger partial charge in [0.1, 0.15) is 0 Å². The highest BCUT2D eigenvalue weighted by Gasteiger charge is 2.35. The van der Waals surface area contributed by atoms with E-state index in [1.165, 1.54) is 6.07 Å². The zero-order valence-electron chi connectivity index (χ0n) is 20.3. The van der Waals surface area contributed by atoms with Crippen molar-refractivity contribution in [1.29, 1.82) is 0 Å². The number of alkyl halides is 3. The number of hydrogen-bond acceptors (Lipinski definition) is 4. The summed E-state index contributed by atoms with van der Waals surface area (Å²) < 4.78 is 44.1. The largest absolute Gasteiger partial charge is 0.433 e. The lowest BCUT2D eigenvalue weighted by Crippen LogP contribution is -2.16. The molecular weight excluding hydrogens is 481 g/mol. The molecule has 3 aromatic heterocycles. The van der Waals surface area contributed by atoms with Gasteiger partial charge in [-0.25, -0.2) is 9.50 Å². The summed E-state index contributed by atoms with van der Waals surface area (Å²) >= 11 is 0. The first kappa shape index (κ1) is 24.2. The molecule has 0 fully saturated rings. The van der Waals surface area contributed by atoms with Crippen LogP contribution in [0.4, 0.5) is 19.0 Å². The molecule has 7 nitrogen and oxygen atoms in total. The number of benzene rings is 2. The van der Waals surface area contributed by atoms with Gasteiger partial charge >= 0.3 is 6.18 Å². The molecule has 188 valence electrons. The molecule has 1 N–H and O–H groups in total. The summed E-state index contributed by atoms with van der Waals surface area (Å²) in [5.74, 6) is -0.428. The molecule has 3 heterocycles. The highest BCUT2D eigenvalue weighted by Crippen LogP contribution is 2.32. The van der Waals surface area contributed by atoms with Crippen LogP contribution >= 0.6 is 0 Å². The van der Waals surface area contributed by atoms with Crippen LogP contribution in [-0.2, 0) is 12.7 Å². The van der Waals surface area contributed by atoms with E-state index in [4.69, 9.17) is 0 Å². The van der Waals surface area contributed by atoms with E-state index < -0.39 is 17.8 Å². The van der Waals surface area contributed by atoms with Crippen LogP contribution in [0.5, 0.6) is 0 Å². The Morgan fingerprint density at radius 3 is 2.43 bits per heavy atom. The molecule has 5 aromatic rings. The Bertz CT molecular complexity index is 1630. The van der Waals surface area contributed by atoms with Gasteiger partial charge in [-0.15, -0.1) is 0 Å². The number of anilines is 1. The molecule has 5 rings (SSSR count). The summed E-state index contributed by atoms with van der Waals surface area (Å²) in [5.41, 5.74) is 3.52. The average molecular weight is 505 g/mol. The van der Waals surface area contributed by atoms with Crippen molar-refractivity contribution in [3.63, 3.8) is 0 Å². The van der Waals surface area contributed by atoms with Crippen LogP contribution in [-0.4, -0.2) is 30.3 Å². The predicted octanol–water partition coefficient (Wildman–Crippen LogP) is 5.84. The molecule has 0 aliphatic heterocycles. The molecule has 1 amide bonds. The number of fused-ring (bicyclic) bond motifs is 1. The normalized spacial score (nSPS) is 11.7. The van der Waals surface area contributed by atoms with Gasteiger partial charge in [0.25, 0.3) is 5.91 Å². The maximum atomic E-state index is 13.9. The van der Waals surface area contributed by atoms with E-state index >= 15 is 0 Å². The molecule has 0 aliphatic carbocycles. The molecule has 37 heavy (non-hydrogen) atoms. The summed E-state index contributed by atoms with van der Waals surface area (Å²) in [4.78, 5) is 17.2. The van der Waals surface area contributed by atoms with E-state index in [-0.39, 0.29) is 22.9 Å². The quantitative estimate of drug-likeness (QED) is 0.326. The van der Waals surface area contributed by atoms with Crippen LogP contribution in [0, 0.1) is 20.8 Å². The van der Waals surface area contributed by atoms with Crippen molar-refractivity contribution in [1.82, 2.24) is 24.4 Å². The maximum absolute atomic E-state index is 13.9. The van der Waals surface area contributed by atoms with Crippen LogP contribution in [0.25, 0.3) is 16.9 Å². The Morgan fingerprint density at radius 2 is 1.70 bits per heavy atom. The first-order valence-corrected chi connectivity index (χ1v) is 11.5. The van der Waals surface area contributed by atoms with Gasteiger partial charge in [-0.1, -0.05) is 36.4 Å². The number of halogens is 3. The van der Waals surface area contributed by atoms with Crippen molar-refractivity contribution in [3.05, 3.63) is 101 Å². The van der Waals surface area contributed by atoms with Crippen molar-refractivity contribution in [2.24, 2.45) is 0 Å². The lowest BCUT2D eigenvalue weighted by molar-refractivity contribution is -0.142. The highest BCUT2D eigenvalue weighted by atomic mass is 19.4. The molecule has 10 heteroatoms. The molecule has 0 saturated carbocycles. The summed E-state index contributed by atoms with van der Waals surface area (Å²) in [6, 6.07) is 17.0. The Kier molecular flexibility index (Phi) is 6.02. The molecule has 0 aliphatic rings. The maximum Gasteiger partial charge on any atom is 0.433 e. The molecule has 2 aromatic carbocycles. The van der Waals surface area contributed by atoms with Gasteiger partial charge < -0.3 is 5.32 Å². The van der Waals surface area contributed by atoms with Gasteiger partial charge in [-0.3, -0.25) is 9.48 Å². The number of carbonyl (C=O) groups is 1. The van der Waals surface area contributed by atoms with E-state index in [1.54, 1.807) is 29.1 Å². The van der Waals surface area contributed by atoms with Gasteiger partial charge in [0, 0.05) is 23.9 Å². The standard InChI is InChI=1S/C27H23F3N6O/c1-16-8-9-19(12-18(16)3)21-13-23(27(28,29)30)36-25(31-21)14-22(33-36)26(37)32-24-10-11-35(34-24)15-20-7-5-4-6-17(20)2/h4-14H,15H2,1-3H3,(H,32,34,37). The van der Waals surface area contributed by atoms with Crippen LogP contribution < -0.4 is 5.32 Å². The van der Waals surface area contributed by atoms with Crippen molar-refractivity contribution in [3.8, 4) is 11.3 Å². The third kappa shape index (κ3) is 4.95. The van der Waals surface area contributed by atoms with Crippen molar-refractivity contribution >= 4 is 17.4 Å². The van der Waals surface area contributed by atoms with Crippen LogP contribution in [0.3, 0.4) is 0 Å². The second kappa shape index (κ2) is 9.20. The van der Waals surface area contributed by atoms with Crippen molar-refractivity contribution in [2.75, 3.05) is 5.32 Å². The molecule has 0 saturated heterocycles. The SMILES string of the molecule is Cc1ccc(-c2cc(C(F)(F)F)n3nc(C(=O)Nc4ccn(Cc5ccccc5C)n4)cc3n2)cc1C. The number of amides is 1. The fourth-order valence-electron chi connectivity index (χ4n) is 3.99. The second-order valence-corrected chi connectivity index (χ2v) is 8.90. The first-order chi connectivity index (χ1) is 17.6. The molecule has 0 bridgehead atoms. The number of aryl methyl sites for hydroxylation is 3. The highest BCUT2D eigenvalue weighted by molar-refractivity contribution is 6.03. The third-order valence-electron chi connectivity index (χ3n) is 6.23. The molecule has 0 atom stereocenters. The average Bonchev–Trinajstić information content (AvgIpc) is 3.47. The lowest BCUT2D eigenvalue weighted by Gasteiger charge is -2.11. The molecule has 0 spiro atoms. The van der Waals surface area contributed by atoms with Gasteiger partial charge in [0.05, 0.1) is 12.2 Å². The number of nitrogens with zero attached hydrogens (tertiary/aromatic N) is 5. The predicted molar refractivity (Wildman–Crippen MR) is 133 cm³/mol. The number of hydrogen-bond donors (Lipinski definition) is 1. The van der Waals surface area contributed by atoms with Crippen LogP contribution in [0.1, 0.15) is 38.4 Å². The molecular formula is C27H23F3N6O. The number of nitrogens with one attached hydrogen (secondary N) is 1. The van der Waals surface area contributed by atoms with Crippen LogP contribution in [0.15, 0.2) is 66.9 Å². The molecule has 0 unspecified atom stereocenters. The number of carbonyl (C=O) groups excluding carboxylic acids is 1. The monoisotopic (exact) mass is 504 g/mol. The fourth-order valence-corrected chi connectivity index (χ4v) is 3.99. The van der Waals surface area contributed by atoms with Gasteiger partial charge in [-0.05, 0) is 55.2 Å². The summed E-state index contributed by atoms with van der Waals surface area (Å²) in [6.45, 7) is 6.31. The zero-order chi connectivity index (χ0) is 26.3. The number of rotatable bonds is 5. The summed E-state index contributed by atoms with van der Waals surface area (Å²) in [7, 11) is 0. The van der Waals surface area contributed by atoms with Gasteiger partial charge in [0.15, 0.2) is 22.9 Å². The fraction of sp³-hybridized carbons (Fsp3) is 0.185. The van der Waals surface area contributed by atoms with Crippen molar-refractivity contribution < 1.29 is 18.0 Å². The van der Waals surface area contributed by atoms with Gasteiger partial charge in [0.2, 0.25) is 0 Å². The summed E-state index contributed by atoms with van der Waals surface area (Å²) in [5, 5.41) is 10.9. The minimum atomic E-state index is -4.70. The third-order valence-corrected chi connectivity index (χ3v) is 6.23. The Morgan fingerprint density at radius 1 is 0.919 bits per heavy atom. The van der Waals surface area contributed by atoms with E-state index in [1.807, 2.05) is 51.1 Å². The topological polar surface area (TPSA) is 77.1 Å². The smallest absolute Gasteiger partial charge is 0.304 e. The molecule has 0 radical (unpaired) electrons. The van der Waals surface area contributed by atoms with Crippen LogP contribution in [0.2, 0.25) is 0 Å². The Balaban J connectivity index is 1.44. The van der Waals surface area contributed by atoms with E-state index in [2.05, 4.69) is 20.5 Å². The zero-order valence-corrected chi connectivity index (χ0v) is 20.3. The summed E-state index contributed by atoms with van der Waals surface area (Å²) in [6.07, 6.45) is -2.99. The van der Waals surface area contributed by atoms with E-state index in [9.17, 15) is 18.0 Å². The van der Waals surface area contributed by atoms with E-state index in [0.29, 0.717) is 16.6 Å². The lowest BCUT2D eigenvalue weighted by atomic mass is 10.0.